The maximum atomic E-state index is 9.29. The van der Waals surface area contributed by atoms with Gasteiger partial charge in [-0.3, -0.25) is 0 Å². The van der Waals surface area contributed by atoms with E-state index in [4.69, 9.17) is 0 Å². The van der Waals surface area contributed by atoms with Crippen LogP contribution in [0, 0.1) is 0 Å². The predicted molar refractivity (Wildman–Crippen MR) is 50.1 cm³/mol. The minimum atomic E-state index is 0.203. The molecule has 0 saturated carbocycles. The summed E-state index contributed by atoms with van der Waals surface area (Å²) in [4.78, 5) is 0. The lowest BCUT2D eigenvalue weighted by Crippen LogP contribution is -1.90. The molecule has 0 atom stereocenters. The molecule has 1 heteroatoms. The Balaban J connectivity index is 2.56. The van der Waals surface area contributed by atoms with Crippen LogP contribution in [0.2, 0.25) is 0 Å². The van der Waals surface area contributed by atoms with Gasteiger partial charge in [0, 0.05) is 5.56 Å². The van der Waals surface area contributed by atoms with E-state index in [0.29, 0.717) is 0 Å². The van der Waals surface area contributed by atoms with Crippen molar-refractivity contribution >= 4 is 5.76 Å². The Morgan fingerprint density at radius 3 is 2.92 bits per heavy atom. The summed E-state index contributed by atoms with van der Waals surface area (Å²) in [7, 11) is 0. The van der Waals surface area contributed by atoms with E-state index in [2.05, 4.69) is 12.6 Å². The van der Waals surface area contributed by atoms with Crippen molar-refractivity contribution in [1.29, 1.82) is 0 Å². The van der Waals surface area contributed by atoms with Crippen molar-refractivity contribution in [3.8, 4) is 0 Å². The first-order chi connectivity index (χ1) is 5.79. The number of hydrogen-bond donors (Lipinski definition) is 1. The molecule has 62 valence electrons. The van der Waals surface area contributed by atoms with Crippen LogP contribution in [0.5, 0.6) is 0 Å². The van der Waals surface area contributed by atoms with Crippen molar-refractivity contribution in [2.45, 2.75) is 19.3 Å². The summed E-state index contributed by atoms with van der Waals surface area (Å²) in [6, 6.07) is 6.06. The van der Waals surface area contributed by atoms with Gasteiger partial charge in [0.05, 0.1) is 0 Å². The maximum Gasteiger partial charge on any atom is 0.115 e. The summed E-state index contributed by atoms with van der Waals surface area (Å²) >= 11 is 0. The van der Waals surface area contributed by atoms with Crippen LogP contribution in [-0.2, 0) is 12.8 Å². The number of aliphatic hydroxyl groups is 1. The first-order valence-corrected chi connectivity index (χ1v) is 4.28. The Morgan fingerprint density at radius 1 is 1.33 bits per heavy atom. The summed E-state index contributed by atoms with van der Waals surface area (Å²) in [6.45, 7) is 3.56. The van der Waals surface area contributed by atoms with Gasteiger partial charge in [0.15, 0.2) is 0 Å². The Morgan fingerprint density at radius 2 is 2.17 bits per heavy atom. The number of aryl methyl sites for hydroxylation is 1. The van der Waals surface area contributed by atoms with Gasteiger partial charge in [-0.15, -0.1) is 0 Å². The maximum absolute atomic E-state index is 9.29. The lowest BCUT2D eigenvalue weighted by molar-refractivity contribution is 0.513. The molecule has 0 aromatic heterocycles. The van der Waals surface area contributed by atoms with Gasteiger partial charge < -0.3 is 5.11 Å². The van der Waals surface area contributed by atoms with E-state index in [9.17, 15) is 5.11 Å². The van der Waals surface area contributed by atoms with Crippen molar-refractivity contribution < 1.29 is 5.11 Å². The van der Waals surface area contributed by atoms with Gasteiger partial charge in [-0.25, -0.2) is 0 Å². The summed E-state index contributed by atoms with van der Waals surface area (Å²) in [5, 5.41) is 9.29. The number of benzene rings is 1. The van der Waals surface area contributed by atoms with Crippen molar-refractivity contribution in [2.75, 3.05) is 0 Å². The SMILES string of the molecule is C=C(O)c1cccc2c1CCC2. The van der Waals surface area contributed by atoms with Crippen molar-refractivity contribution in [3.05, 3.63) is 41.5 Å². The zero-order chi connectivity index (χ0) is 8.55. The number of hydrogen-bond acceptors (Lipinski definition) is 1. The lowest BCUT2D eigenvalue weighted by atomic mass is 10.0. The van der Waals surface area contributed by atoms with Gasteiger partial charge in [-0.05, 0) is 30.4 Å². The molecule has 0 unspecified atom stereocenters. The van der Waals surface area contributed by atoms with Crippen LogP contribution in [-0.4, -0.2) is 5.11 Å². The quantitative estimate of drug-likeness (QED) is 0.626. The molecule has 1 nitrogen and oxygen atoms in total. The molecular weight excluding hydrogens is 148 g/mol. The Labute approximate surface area is 72.4 Å². The zero-order valence-electron chi connectivity index (χ0n) is 7.01. The monoisotopic (exact) mass is 160 g/mol. The molecule has 1 aromatic carbocycles. The highest BCUT2D eigenvalue weighted by Crippen LogP contribution is 2.27. The molecule has 0 fully saturated rings. The highest BCUT2D eigenvalue weighted by atomic mass is 16.3. The molecule has 1 aromatic rings. The second kappa shape index (κ2) is 2.67. The average Bonchev–Trinajstić information content (AvgIpc) is 2.49. The molecule has 0 amide bonds. The molecule has 0 radical (unpaired) electrons. The van der Waals surface area contributed by atoms with E-state index in [1.54, 1.807) is 0 Å². The summed E-state index contributed by atoms with van der Waals surface area (Å²) < 4.78 is 0. The summed E-state index contributed by atoms with van der Waals surface area (Å²) in [6.07, 6.45) is 3.45. The molecule has 1 N–H and O–H groups in total. The molecule has 0 spiro atoms. The topological polar surface area (TPSA) is 20.2 Å². The minimum Gasteiger partial charge on any atom is -0.508 e. The fraction of sp³-hybridized carbons (Fsp3) is 0.273. The molecule has 1 aliphatic rings. The second-order valence-electron chi connectivity index (χ2n) is 3.24. The van der Waals surface area contributed by atoms with E-state index < -0.39 is 0 Å². The van der Waals surface area contributed by atoms with Gasteiger partial charge in [0.2, 0.25) is 0 Å². The van der Waals surface area contributed by atoms with Crippen molar-refractivity contribution in [2.24, 2.45) is 0 Å². The average molecular weight is 160 g/mol. The van der Waals surface area contributed by atoms with Crippen molar-refractivity contribution in [3.63, 3.8) is 0 Å². The third kappa shape index (κ3) is 1.02. The number of rotatable bonds is 1. The van der Waals surface area contributed by atoms with Crippen LogP contribution >= 0.6 is 0 Å². The first kappa shape index (κ1) is 7.41. The van der Waals surface area contributed by atoms with Gasteiger partial charge in [0.25, 0.3) is 0 Å². The fourth-order valence-corrected chi connectivity index (χ4v) is 1.89. The molecule has 0 heterocycles. The van der Waals surface area contributed by atoms with Crippen LogP contribution in [0.4, 0.5) is 0 Å². The molecule has 0 saturated heterocycles. The third-order valence-corrected chi connectivity index (χ3v) is 2.46. The molecule has 1 aliphatic carbocycles. The second-order valence-corrected chi connectivity index (χ2v) is 3.24. The highest BCUT2D eigenvalue weighted by molar-refractivity contribution is 5.62. The lowest BCUT2D eigenvalue weighted by Gasteiger charge is -2.05. The molecule has 0 aliphatic heterocycles. The van der Waals surface area contributed by atoms with Gasteiger partial charge in [-0.2, -0.15) is 0 Å². The molecule has 12 heavy (non-hydrogen) atoms. The van der Waals surface area contributed by atoms with Crippen LogP contribution in [0.25, 0.3) is 5.76 Å². The van der Waals surface area contributed by atoms with E-state index in [-0.39, 0.29) is 5.76 Å². The molecule has 0 bridgehead atoms. The van der Waals surface area contributed by atoms with Crippen molar-refractivity contribution in [1.82, 2.24) is 0 Å². The summed E-state index contributed by atoms with van der Waals surface area (Å²) in [5.41, 5.74) is 3.61. The normalized spacial score (nSPS) is 14.3. The molecular formula is C11H12O. The zero-order valence-corrected chi connectivity index (χ0v) is 7.01. The van der Waals surface area contributed by atoms with Crippen LogP contribution < -0.4 is 0 Å². The molecule has 2 rings (SSSR count). The van der Waals surface area contributed by atoms with E-state index in [1.807, 2.05) is 12.1 Å². The van der Waals surface area contributed by atoms with E-state index in [0.717, 1.165) is 18.4 Å². The van der Waals surface area contributed by atoms with Gasteiger partial charge in [0.1, 0.15) is 5.76 Å². The Bertz CT molecular complexity index is 326. The number of aliphatic hydroxyl groups excluding tert-OH is 1. The predicted octanol–water partition coefficient (Wildman–Crippen LogP) is 2.70. The summed E-state index contributed by atoms with van der Waals surface area (Å²) in [5.74, 6) is 0.203. The minimum absolute atomic E-state index is 0.203. The van der Waals surface area contributed by atoms with E-state index in [1.165, 1.54) is 17.5 Å². The highest BCUT2D eigenvalue weighted by Gasteiger charge is 2.14. The Hall–Kier alpha value is -1.24. The van der Waals surface area contributed by atoms with Gasteiger partial charge in [-0.1, -0.05) is 24.8 Å². The largest absolute Gasteiger partial charge is 0.508 e. The van der Waals surface area contributed by atoms with Crippen LogP contribution in [0.3, 0.4) is 0 Å². The third-order valence-electron chi connectivity index (χ3n) is 2.46. The van der Waals surface area contributed by atoms with Gasteiger partial charge >= 0.3 is 0 Å². The standard InChI is InChI=1S/C11H12O/c1-8(12)10-6-2-4-9-5-3-7-11(9)10/h2,4,6,12H,1,3,5,7H2. The smallest absolute Gasteiger partial charge is 0.115 e. The van der Waals surface area contributed by atoms with E-state index >= 15 is 0 Å². The van der Waals surface area contributed by atoms with Crippen LogP contribution in [0.15, 0.2) is 24.8 Å². The number of fused-ring (bicyclic) bond motifs is 1. The fourth-order valence-electron chi connectivity index (χ4n) is 1.89. The first-order valence-electron chi connectivity index (χ1n) is 4.28. The Kier molecular flexibility index (Phi) is 1.65. The van der Waals surface area contributed by atoms with Crippen LogP contribution in [0.1, 0.15) is 23.1 Å².